The Morgan fingerprint density at radius 3 is 2.67 bits per heavy atom. The molecule has 1 unspecified atom stereocenters. The zero-order valence-electron chi connectivity index (χ0n) is 10.4. The van der Waals surface area contributed by atoms with Gasteiger partial charge in [0.05, 0.1) is 6.10 Å². The van der Waals surface area contributed by atoms with Crippen molar-refractivity contribution in [2.45, 2.75) is 18.9 Å². The molecule has 1 amide bonds. The van der Waals surface area contributed by atoms with Crippen LogP contribution in [0.25, 0.3) is 0 Å². The molecule has 2 N–H and O–H groups in total. The molecule has 0 aliphatic rings. The van der Waals surface area contributed by atoms with Gasteiger partial charge in [-0.05, 0) is 18.4 Å². The minimum atomic E-state index is -0.810. The number of carbonyl (C=O) groups is 1. The zero-order chi connectivity index (χ0) is 13.4. The van der Waals surface area contributed by atoms with Crippen molar-refractivity contribution in [2.24, 2.45) is 0 Å². The summed E-state index contributed by atoms with van der Waals surface area (Å²) in [6, 6.07) is 9.84. The summed E-state index contributed by atoms with van der Waals surface area (Å²) < 4.78 is 0. The highest BCUT2D eigenvalue weighted by Gasteiger charge is 2.15. The van der Waals surface area contributed by atoms with Crippen LogP contribution in [0.3, 0.4) is 0 Å². The van der Waals surface area contributed by atoms with Gasteiger partial charge >= 0.3 is 0 Å². The molecule has 1 rings (SSSR count). The van der Waals surface area contributed by atoms with Gasteiger partial charge in [-0.2, -0.15) is 0 Å². The Bertz CT molecular complexity index is 412. The van der Waals surface area contributed by atoms with E-state index in [0.717, 1.165) is 12.0 Å². The summed E-state index contributed by atoms with van der Waals surface area (Å²) >= 11 is 0. The largest absolute Gasteiger partial charge is 0.388 e. The van der Waals surface area contributed by atoms with E-state index in [2.05, 4.69) is 18.5 Å². The van der Waals surface area contributed by atoms with Crippen molar-refractivity contribution in [3.63, 3.8) is 0 Å². The van der Waals surface area contributed by atoms with Gasteiger partial charge in [-0.25, -0.2) is 0 Å². The summed E-state index contributed by atoms with van der Waals surface area (Å²) in [5, 5.41) is 12.5. The maximum absolute atomic E-state index is 11.5. The van der Waals surface area contributed by atoms with E-state index in [1.54, 1.807) is 6.08 Å². The van der Waals surface area contributed by atoms with E-state index in [1.807, 2.05) is 30.3 Å². The Balaban J connectivity index is 2.40. The maximum Gasteiger partial charge on any atom is 0.249 e. The molecule has 3 heteroatoms. The van der Waals surface area contributed by atoms with Gasteiger partial charge in [0.15, 0.2) is 0 Å². The number of aryl methyl sites for hydroxylation is 1. The van der Waals surface area contributed by atoms with Crippen molar-refractivity contribution in [1.29, 1.82) is 0 Å². The molecule has 0 aromatic heterocycles. The first-order valence-electron chi connectivity index (χ1n) is 5.95. The van der Waals surface area contributed by atoms with Crippen LogP contribution in [0.5, 0.6) is 0 Å². The normalized spacial score (nSPS) is 11.6. The number of rotatable bonds is 7. The van der Waals surface area contributed by atoms with Crippen molar-refractivity contribution in [3.8, 4) is 0 Å². The van der Waals surface area contributed by atoms with Crippen LogP contribution < -0.4 is 5.32 Å². The molecule has 1 atom stereocenters. The fourth-order valence-corrected chi connectivity index (χ4v) is 1.55. The molecule has 0 saturated carbocycles. The molecule has 0 saturated heterocycles. The summed E-state index contributed by atoms with van der Waals surface area (Å²) in [6.45, 7) is 7.51. The van der Waals surface area contributed by atoms with E-state index in [-0.39, 0.29) is 11.5 Å². The molecular formula is C15H19NO2. The van der Waals surface area contributed by atoms with E-state index in [9.17, 15) is 9.90 Å². The van der Waals surface area contributed by atoms with Gasteiger partial charge in [0.25, 0.3) is 0 Å². The number of benzene rings is 1. The Labute approximate surface area is 108 Å². The fourth-order valence-electron chi connectivity index (χ4n) is 1.55. The lowest BCUT2D eigenvalue weighted by Gasteiger charge is -2.13. The molecule has 0 aliphatic carbocycles. The predicted molar refractivity (Wildman–Crippen MR) is 73.1 cm³/mol. The molecule has 3 nitrogen and oxygen atoms in total. The van der Waals surface area contributed by atoms with Gasteiger partial charge in [0, 0.05) is 12.1 Å². The topological polar surface area (TPSA) is 49.3 Å². The number of aliphatic hydroxyl groups is 1. The van der Waals surface area contributed by atoms with Crippen LogP contribution in [-0.4, -0.2) is 23.7 Å². The van der Waals surface area contributed by atoms with Gasteiger partial charge in [-0.15, -0.1) is 6.58 Å². The molecule has 0 aliphatic heterocycles. The highest BCUT2D eigenvalue weighted by Crippen LogP contribution is 2.10. The van der Waals surface area contributed by atoms with Crippen molar-refractivity contribution in [2.75, 3.05) is 6.54 Å². The summed E-state index contributed by atoms with van der Waals surface area (Å²) in [5.41, 5.74) is 1.34. The molecule has 0 heterocycles. The molecule has 0 spiro atoms. The third-order valence-electron chi connectivity index (χ3n) is 2.65. The first-order valence-corrected chi connectivity index (χ1v) is 5.95. The van der Waals surface area contributed by atoms with E-state index in [4.69, 9.17) is 0 Å². The fraction of sp³-hybridized carbons (Fsp3) is 0.267. The van der Waals surface area contributed by atoms with Crippen LogP contribution in [-0.2, 0) is 11.2 Å². The Morgan fingerprint density at radius 1 is 1.39 bits per heavy atom. The average molecular weight is 245 g/mol. The Morgan fingerprint density at radius 2 is 2.06 bits per heavy atom. The standard InChI is InChI=1S/C15H19NO2/c1-3-11-16-15(18)12(2)14(17)10-9-13-7-5-4-6-8-13/h3-8,14,17H,1-2,9-11H2,(H,16,18). The number of nitrogens with one attached hydrogen (secondary N) is 1. The molecule has 1 aromatic rings. The number of amides is 1. The second-order valence-electron chi connectivity index (χ2n) is 4.06. The third kappa shape index (κ3) is 4.55. The lowest BCUT2D eigenvalue weighted by Crippen LogP contribution is -2.30. The first kappa shape index (κ1) is 14.2. The van der Waals surface area contributed by atoms with Crippen molar-refractivity contribution >= 4 is 5.91 Å². The van der Waals surface area contributed by atoms with Gasteiger partial charge in [-0.3, -0.25) is 4.79 Å². The third-order valence-corrected chi connectivity index (χ3v) is 2.65. The zero-order valence-corrected chi connectivity index (χ0v) is 10.4. The smallest absolute Gasteiger partial charge is 0.249 e. The molecular weight excluding hydrogens is 226 g/mol. The average Bonchev–Trinajstić information content (AvgIpc) is 2.42. The lowest BCUT2D eigenvalue weighted by molar-refractivity contribution is -0.118. The highest BCUT2D eigenvalue weighted by molar-refractivity contribution is 5.93. The summed E-state index contributed by atoms with van der Waals surface area (Å²) in [6.07, 6.45) is 1.98. The second-order valence-corrected chi connectivity index (χ2v) is 4.06. The van der Waals surface area contributed by atoms with Crippen molar-refractivity contribution in [3.05, 3.63) is 60.7 Å². The predicted octanol–water partition coefficient (Wildman–Crippen LogP) is 1.84. The summed E-state index contributed by atoms with van der Waals surface area (Å²) in [4.78, 5) is 11.5. The van der Waals surface area contributed by atoms with Crippen LogP contribution >= 0.6 is 0 Å². The van der Waals surface area contributed by atoms with E-state index in [1.165, 1.54) is 0 Å². The number of carbonyl (C=O) groups excluding carboxylic acids is 1. The number of hydrogen-bond acceptors (Lipinski definition) is 2. The van der Waals surface area contributed by atoms with Gasteiger partial charge in [0.1, 0.15) is 0 Å². The minimum absolute atomic E-state index is 0.202. The molecule has 0 fully saturated rings. The molecule has 18 heavy (non-hydrogen) atoms. The van der Waals surface area contributed by atoms with Crippen molar-refractivity contribution < 1.29 is 9.90 Å². The van der Waals surface area contributed by atoms with Crippen LogP contribution in [0, 0.1) is 0 Å². The van der Waals surface area contributed by atoms with Gasteiger partial charge in [-0.1, -0.05) is 43.0 Å². The minimum Gasteiger partial charge on any atom is -0.388 e. The Hall–Kier alpha value is -1.87. The van der Waals surface area contributed by atoms with Crippen LogP contribution in [0.1, 0.15) is 12.0 Å². The monoisotopic (exact) mass is 245 g/mol. The lowest BCUT2D eigenvalue weighted by atomic mass is 10.0. The molecule has 1 aromatic carbocycles. The van der Waals surface area contributed by atoms with Crippen molar-refractivity contribution in [1.82, 2.24) is 5.32 Å². The SMILES string of the molecule is C=CCNC(=O)C(=C)C(O)CCc1ccccc1. The van der Waals surface area contributed by atoms with Crippen LogP contribution in [0.15, 0.2) is 55.1 Å². The number of aliphatic hydroxyl groups excluding tert-OH is 1. The summed E-state index contributed by atoms with van der Waals surface area (Å²) in [7, 11) is 0. The first-order chi connectivity index (χ1) is 8.65. The van der Waals surface area contributed by atoms with Gasteiger partial charge in [0.2, 0.25) is 5.91 Å². The van der Waals surface area contributed by atoms with E-state index < -0.39 is 6.10 Å². The van der Waals surface area contributed by atoms with Crippen LogP contribution in [0.4, 0.5) is 0 Å². The highest BCUT2D eigenvalue weighted by atomic mass is 16.3. The van der Waals surface area contributed by atoms with Crippen LogP contribution in [0.2, 0.25) is 0 Å². The van der Waals surface area contributed by atoms with Gasteiger partial charge < -0.3 is 10.4 Å². The molecule has 0 bridgehead atoms. The molecule has 0 radical (unpaired) electrons. The Kier molecular flexibility index (Phi) is 5.88. The summed E-state index contributed by atoms with van der Waals surface area (Å²) in [5.74, 6) is -0.324. The second kappa shape index (κ2) is 7.45. The van der Waals surface area contributed by atoms with E-state index in [0.29, 0.717) is 13.0 Å². The van der Waals surface area contributed by atoms with E-state index >= 15 is 0 Å². The quantitative estimate of drug-likeness (QED) is 0.569. The maximum atomic E-state index is 11.5. The number of hydrogen-bond donors (Lipinski definition) is 2. The molecule has 96 valence electrons.